The monoisotopic (exact) mass is 240 g/mol. The van der Waals surface area contributed by atoms with Crippen molar-refractivity contribution in [3.8, 4) is 16.9 Å². The van der Waals surface area contributed by atoms with Crippen LogP contribution in [0.5, 0.6) is 5.75 Å². The van der Waals surface area contributed by atoms with Gasteiger partial charge in [0, 0.05) is 0 Å². The molecular formula is C17H20O. The zero-order chi connectivity index (χ0) is 13.0. The van der Waals surface area contributed by atoms with Crippen molar-refractivity contribution in [2.24, 2.45) is 0 Å². The largest absolute Gasteiger partial charge is 0.497 e. The molecule has 0 aliphatic rings. The van der Waals surface area contributed by atoms with Crippen molar-refractivity contribution in [1.82, 2.24) is 0 Å². The second-order valence-electron chi connectivity index (χ2n) is 4.43. The van der Waals surface area contributed by atoms with Crippen LogP contribution < -0.4 is 4.74 Å². The highest BCUT2D eigenvalue weighted by molar-refractivity contribution is 5.69. The van der Waals surface area contributed by atoms with Crippen LogP contribution in [0.3, 0.4) is 0 Å². The number of aryl methyl sites for hydroxylation is 2. The van der Waals surface area contributed by atoms with Crippen molar-refractivity contribution >= 4 is 0 Å². The second kappa shape index (κ2) is 5.72. The molecule has 0 bridgehead atoms. The first-order valence-electron chi connectivity index (χ1n) is 6.54. The van der Waals surface area contributed by atoms with Crippen LogP contribution in [0, 0.1) is 0 Å². The number of benzene rings is 2. The van der Waals surface area contributed by atoms with E-state index in [0.29, 0.717) is 0 Å². The average molecular weight is 240 g/mol. The predicted octanol–water partition coefficient (Wildman–Crippen LogP) is 4.49. The third-order valence-electron chi connectivity index (χ3n) is 3.34. The Morgan fingerprint density at radius 1 is 0.944 bits per heavy atom. The maximum atomic E-state index is 5.33. The van der Waals surface area contributed by atoms with E-state index >= 15 is 0 Å². The molecule has 0 aliphatic heterocycles. The standard InChI is InChI=1S/C17H20O/c1-4-13-7-6-8-15(11-13)17-12-16(18-3)10-9-14(17)5-2/h6-12H,4-5H2,1-3H3. The molecule has 0 aromatic heterocycles. The van der Waals surface area contributed by atoms with E-state index < -0.39 is 0 Å². The topological polar surface area (TPSA) is 9.23 Å². The van der Waals surface area contributed by atoms with Gasteiger partial charge >= 0.3 is 0 Å². The van der Waals surface area contributed by atoms with Gasteiger partial charge in [0.15, 0.2) is 0 Å². The van der Waals surface area contributed by atoms with Gasteiger partial charge in [-0.2, -0.15) is 0 Å². The quantitative estimate of drug-likeness (QED) is 0.765. The maximum Gasteiger partial charge on any atom is 0.119 e. The molecule has 1 nitrogen and oxygen atoms in total. The Morgan fingerprint density at radius 3 is 2.44 bits per heavy atom. The van der Waals surface area contributed by atoms with Crippen LogP contribution in [0.1, 0.15) is 25.0 Å². The summed E-state index contributed by atoms with van der Waals surface area (Å²) in [6, 6.07) is 15.1. The highest BCUT2D eigenvalue weighted by Gasteiger charge is 2.06. The zero-order valence-corrected chi connectivity index (χ0v) is 11.4. The van der Waals surface area contributed by atoms with E-state index in [1.807, 2.05) is 6.07 Å². The Labute approximate surface area is 109 Å². The third kappa shape index (κ3) is 2.56. The normalized spacial score (nSPS) is 10.4. The first kappa shape index (κ1) is 12.7. The molecular weight excluding hydrogens is 220 g/mol. The van der Waals surface area contributed by atoms with Gasteiger partial charge in [0.05, 0.1) is 7.11 Å². The summed E-state index contributed by atoms with van der Waals surface area (Å²) in [5.41, 5.74) is 5.30. The summed E-state index contributed by atoms with van der Waals surface area (Å²) in [6.07, 6.45) is 2.11. The minimum atomic E-state index is 0.920. The Hall–Kier alpha value is -1.76. The maximum absolute atomic E-state index is 5.33. The summed E-state index contributed by atoms with van der Waals surface area (Å²) >= 11 is 0. The number of rotatable bonds is 4. The first-order chi connectivity index (χ1) is 8.78. The fourth-order valence-corrected chi connectivity index (χ4v) is 2.22. The lowest BCUT2D eigenvalue weighted by Gasteiger charge is -2.11. The lowest BCUT2D eigenvalue weighted by Crippen LogP contribution is -1.91. The molecule has 0 amide bonds. The van der Waals surface area contributed by atoms with E-state index in [1.54, 1.807) is 7.11 Å². The smallest absolute Gasteiger partial charge is 0.119 e. The van der Waals surface area contributed by atoms with E-state index in [-0.39, 0.29) is 0 Å². The highest BCUT2D eigenvalue weighted by Crippen LogP contribution is 2.29. The van der Waals surface area contributed by atoms with Gasteiger partial charge in [0.1, 0.15) is 5.75 Å². The van der Waals surface area contributed by atoms with Crippen LogP contribution in [0.25, 0.3) is 11.1 Å². The number of ether oxygens (including phenoxy) is 1. The average Bonchev–Trinajstić information content (AvgIpc) is 2.46. The van der Waals surface area contributed by atoms with Crippen molar-refractivity contribution in [3.05, 3.63) is 53.6 Å². The summed E-state index contributed by atoms with van der Waals surface area (Å²) in [4.78, 5) is 0. The summed E-state index contributed by atoms with van der Waals surface area (Å²) in [5.74, 6) is 0.920. The van der Waals surface area contributed by atoms with Crippen molar-refractivity contribution in [1.29, 1.82) is 0 Å². The minimum absolute atomic E-state index is 0.920. The summed E-state index contributed by atoms with van der Waals surface area (Å²) in [7, 11) is 1.72. The Kier molecular flexibility index (Phi) is 4.03. The van der Waals surface area contributed by atoms with E-state index in [4.69, 9.17) is 4.74 Å². The van der Waals surface area contributed by atoms with Gasteiger partial charge < -0.3 is 4.74 Å². The van der Waals surface area contributed by atoms with Crippen molar-refractivity contribution in [2.45, 2.75) is 26.7 Å². The molecule has 18 heavy (non-hydrogen) atoms. The summed E-state index contributed by atoms with van der Waals surface area (Å²) in [6.45, 7) is 4.38. The highest BCUT2D eigenvalue weighted by atomic mass is 16.5. The van der Waals surface area contributed by atoms with Gasteiger partial charge in [-0.1, -0.05) is 44.2 Å². The van der Waals surface area contributed by atoms with E-state index in [2.05, 4.69) is 50.2 Å². The van der Waals surface area contributed by atoms with E-state index in [9.17, 15) is 0 Å². The molecule has 94 valence electrons. The van der Waals surface area contributed by atoms with Gasteiger partial charge in [-0.25, -0.2) is 0 Å². The molecule has 0 unspecified atom stereocenters. The molecule has 0 aliphatic carbocycles. The molecule has 0 atom stereocenters. The molecule has 2 rings (SSSR count). The Morgan fingerprint density at radius 2 is 1.78 bits per heavy atom. The van der Waals surface area contributed by atoms with Gasteiger partial charge in [0.2, 0.25) is 0 Å². The van der Waals surface area contributed by atoms with Crippen LogP contribution in [0.2, 0.25) is 0 Å². The SMILES string of the molecule is CCc1cccc(-c2cc(OC)ccc2CC)c1. The minimum Gasteiger partial charge on any atom is -0.497 e. The molecule has 0 spiro atoms. The van der Waals surface area contributed by atoms with E-state index in [0.717, 1.165) is 18.6 Å². The Balaban J connectivity index is 2.53. The zero-order valence-electron chi connectivity index (χ0n) is 11.4. The van der Waals surface area contributed by atoms with Crippen LogP contribution in [-0.4, -0.2) is 7.11 Å². The molecule has 2 aromatic carbocycles. The van der Waals surface area contributed by atoms with Gasteiger partial charge in [0.25, 0.3) is 0 Å². The van der Waals surface area contributed by atoms with Crippen molar-refractivity contribution in [3.63, 3.8) is 0 Å². The molecule has 0 saturated carbocycles. The van der Waals surface area contributed by atoms with Crippen molar-refractivity contribution < 1.29 is 4.74 Å². The van der Waals surface area contributed by atoms with Gasteiger partial charge in [-0.15, -0.1) is 0 Å². The molecule has 0 N–H and O–H groups in total. The number of methoxy groups -OCH3 is 1. The van der Waals surface area contributed by atoms with Crippen LogP contribution in [0.15, 0.2) is 42.5 Å². The lowest BCUT2D eigenvalue weighted by molar-refractivity contribution is 0.415. The van der Waals surface area contributed by atoms with Gasteiger partial charge in [-0.05, 0) is 47.2 Å². The fourth-order valence-electron chi connectivity index (χ4n) is 2.22. The number of hydrogen-bond acceptors (Lipinski definition) is 1. The van der Waals surface area contributed by atoms with E-state index in [1.165, 1.54) is 22.3 Å². The molecule has 2 aromatic rings. The molecule has 0 heterocycles. The van der Waals surface area contributed by atoms with Crippen molar-refractivity contribution in [2.75, 3.05) is 7.11 Å². The predicted molar refractivity (Wildman–Crippen MR) is 77.2 cm³/mol. The molecule has 1 heteroatoms. The lowest BCUT2D eigenvalue weighted by atomic mass is 9.96. The summed E-state index contributed by atoms with van der Waals surface area (Å²) < 4.78 is 5.33. The Bertz CT molecular complexity index is 529. The second-order valence-corrected chi connectivity index (χ2v) is 4.43. The molecule has 0 radical (unpaired) electrons. The fraction of sp³-hybridized carbons (Fsp3) is 0.294. The van der Waals surface area contributed by atoms with Crippen LogP contribution in [0.4, 0.5) is 0 Å². The third-order valence-corrected chi connectivity index (χ3v) is 3.34. The molecule has 0 saturated heterocycles. The summed E-state index contributed by atoms with van der Waals surface area (Å²) in [5, 5.41) is 0. The van der Waals surface area contributed by atoms with Crippen LogP contribution >= 0.6 is 0 Å². The van der Waals surface area contributed by atoms with Gasteiger partial charge in [-0.3, -0.25) is 0 Å². The molecule has 0 fully saturated rings. The number of hydrogen-bond donors (Lipinski definition) is 0. The first-order valence-corrected chi connectivity index (χ1v) is 6.54. The van der Waals surface area contributed by atoms with Crippen LogP contribution in [-0.2, 0) is 12.8 Å².